The molecule has 0 aromatic rings. The fourth-order valence-electron chi connectivity index (χ4n) is 2.25. The Balaban J connectivity index is 4.37. The summed E-state index contributed by atoms with van der Waals surface area (Å²) in [5, 5.41) is 18.9. The summed E-state index contributed by atoms with van der Waals surface area (Å²) in [6.45, 7) is 2.11. The van der Waals surface area contributed by atoms with Crippen LogP contribution in [0, 0.1) is 0 Å². The Bertz CT molecular complexity index is 400. The maximum Gasteiger partial charge on any atom is 0.385 e. The van der Waals surface area contributed by atoms with Gasteiger partial charge in [-0.3, -0.25) is 9.13 Å². The van der Waals surface area contributed by atoms with E-state index < -0.39 is 26.4 Å². The normalized spacial score (nSPS) is 15.0. The van der Waals surface area contributed by atoms with Crippen molar-refractivity contribution < 1.29 is 38.9 Å². The molecular formula is C12H28O8P2. The molecule has 0 aliphatic carbocycles. The molecule has 0 heterocycles. The third-order valence-corrected chi connectivity index (χ3v) is 6.42. The zero-order chi connectivity index (χ0) is 17.4. The lowest BCUT2D eigenvalue weighted by atomic mass is 10.1. The van der Waals surface area contributed by atoms with Gasteiger partial charge in [0.1, 0.15) is 5.66 Å². The number of hydrogen-bond acceptors (Lipinski definition) is 4. The average Bonchev–Trinajstić information content (AvgIpc) is 2.33. The minimum atomic E-state index is -5.48. The molecule has 0 bridgehead atoms. The van der Waals surface area contributed by atoms with E-state index in [-0.39, 0.29) is 12.8 Å². The first kappa shape index (κ1) is 22.2. The second-order valence-electron chi connectivity index (χ2n) is 5.60. The Morgan fingerprint density at radius 2 is 1.23 bits per heavy atom. The molecule has 6 N–H and O–H groups in total. The highest BCUT2D eigenvalue weighted by Crippen LogP contribution is 2.60. The average molecular weight is 362 g/mol. The maximum atomic E-state index is 11.3. The van der Waals surface area contributed by atoms with Crippen LogP contribution in [-0.2, 0) is 9.13 Å². The Morgan fingerprint density at radius 1 is 0.818 bits per heavy atom. The van der Waals surface area contributed by atoms with Crippen molar-refractivity contribution in [2.75, 3.05) is 0 Å². The summed E-state index contributed by atoms with van der Waals surface area (Å²) in [6.07, 6.45) is 6.82. The van der Waals surface area contributed by atoms with Gasteiger partial charge in [-0.15, -0.1) is 0 Å². The summed E-state index contributed by atoms with van der Waals surface area (Å²) in [6, 6.07) is 0. The molecule has 0 aliphatic heterocycles. The molecule has 0 amide bonds. The quantitative estimate of drug-likeness (QED) is 0.175. The predicted octanol–water partition coefficient (Wildman–Crippen LogP) is 1.88. The van der Waals surface area contributed by atoms with E-state index in [1.165, 1.54) is 6.42 Å². The molecule has 0 saturated carbocycles. The van der Waals surface area contributed by atoms with Crippen LogP contribution >= 0.6 is 15.2 Å². The zero-order valence-corrected chi connectivity index (χ0v) is 14.6. The van der Waals surface area contributed by atoms with Crippen molar-refractivity contribution in [2.45, 2.75) is 75.9 Å². The highest BCUT2D eigenvalue weighted by atomic mass is 31.2. The molecule has 0 fully saturated rings. The van der Waals surface area contributed by atoms with Gasteiger partial charge >= 0.3 is 15.2 Å². The molecule has 134 valence electrons. The molecule has 0 aromatic heterocycles. The van der Waals surface area contributed by atoms with Crippen LogP contribution in [0.5, 0.6) is 0 Å². The zero-order valence-electron chi connectivity index (χ0n) is 12.8. The third-order valence-electron chi connectivity index (χ3n) is 3.61. The first-order valence-electron chi connectivity index (χ1n) is 7.50. The lowest BCUT2D eigenvalue weighted by molar-refractivity contribution is -0.110. The minimum absolute atomic E-state index is 0.256. The molecule has 0 spiro atoms. The molecule has 1 unspecified atom stereocenters. The Morgan fingerprint density at radius 3 is 1.59 bits per heavy atom. The van der Waals surface area contributed by atoms with Gasteiger partial charge in [-0.05, 0) is 6.42 Å². The van der Waals surface area contributed by atoms with Crippen molar-refractivity contribution in [3.8, 4) is 0 Å². The van der Waals surface area contributed by atoms with Crippen LogP contribution in [-0.4, -0.2) is 41.0 Å². The van der Waals surface area contributed by atoms with Crippen LogP contribution in [0.3, 0.4) is 0 Å². The molecule has 0 rings (SSSR count). The molecule has 1 atom stereocenters. The van der Waals surface area contributed by atoms with Gasteiger partial charge in [0.15, 0.2) is 0 Å². The molecule has 8 nitrogen and oxygen atoms in total. The standard InChI is InChI=1S/C12H28O8P2/c1-2-3-4-5-6-7-8-9-10-11(21(15,16)17)12(13,14)22(18,19)20/h11,13-14H,2-10H2,1H3,(H2,15,16,17)(H2,18,19,20). The predicted molar refractivity (Wildman–Crippen MR) is 82.3 cm³/mol. The van der Waals surface area contributed by atoms with Crippen molar-refractivity contribution >= 4 is 15.2 Å². The Hall–Kier alpha value is 0.220. The van der Waals surface area contributed by atoms with Gasteiger partial charge in [0.25, 0.3) is 5.53 Å². The first-order chi connectivity index (χ1) is 9.94. The van der Waals surface area contributed by atoms with Crippen molar-refractivity contribution in [1.82, 2.24) is 0 Å². The van der Waals surface area contributed by atoms with Crippen LogP contribution in [0.25, 0.3) is 0 Å². The molecular weight excluding hydrogens is 334 g/mol. The van der Waals surface area contributed by atoms with Crippen LogP contribution in [0.1, 0.15) is 64.7 Å². The van der Waals surface area contributed by atoms with E-state index in [9.17, 15) is 19.3 Å². The van der Waals surface area contributed by atoms with Gasteiger partial charge < -0.3 is 29.8 Å². The molecule has 0 aliphatic rings. The Labute approximate surface area is 130 Å². The van der Waals surface area contributed by atoms with E-state index >= 15 is 0 Å². The van der Waals surface area contributed by atoms with Gasteiger partial charge in [0.2, 0.25) is 0 Å². The summed E-state index contributed by atoms with van der Waals surface area (Å²) in [4.78, 5) is 36.0. The fraction of sp³-hybridized carbons (Fsp3) is 1.00. The second-order valence-corrected chi connectivity index (χ2v) is 9.15. The minimum Gasteiger partial charge on any atom is -0.355 e. The van der Waals surface area contributed by atoms with Gasteiger partial charge in [-0.1, -0.05) is 58.3 Å². The molecule has 0 saturated heterocycles. The van der Waals surface area contributed by atoms with E-state index in [1.54, 1.807) is 0 Å². The third kappa shape index (κ3) is 7.66. The van der Waals surface area contributed by atoms with E-state index in [0.29, 0.717) is 6.42 Å². The second kappa shape index (κ2) is 9.50. The van der Waals surface area contributed by atoms with Crippen LogP contribution in [0.15, 0.2) is 0 Å². The number of hydrogen-bond donors (Lipinski definition) is 6. The fourth-order valence-corrected chi connectivity index (χ4v) is 4.64. The smallest absolute Gasteiger partial charge is 0.355 e. The van der Waals surface area contributed by atoms with Crippen LogP contribution < -0.4 is 0 Å². The van der Waals surface area contributed by atoms with Crippen molar-refractivity contribution in [3.05, 3.63) is 0 Å². The molecule has 10 heteroatoms. The number of unbranched alkanes of at least 4 members (excludes halogenated alkanes) is 7. The van der Waals surface area contributed by atoms with Gasteiger partial charge in [0, 0.05) is 0 Å². The monoisotopic (exact) mass is 362 g/mol. The van der Waals surface area contributed by atoms with Crippen molar-refractivity contribution in [2.24, 2.45) is 0 Å². The first-order valence-corrected chi connectivity index (χ1v) is 10.8. The summed E-state index contributed by atoms with van der Waals surface area (Å²) in [5.41, 5.74) is -5.91. The van der Waals surface area contributed by atoms with Gasteiger partial charge in [0.05, 0.1) is 0 Å². The number of aliphatic hydroxyl groups is 2. The van der Waals surface area contributed by atoms with Gasteiger partial charge in [-0.2, -0.15) is 0 Å². The SMILES string of the molecule is CCCCCCCCCCC(C(O)(O)P(=O)(O)O)P(=O)(O)O. The van der Waals surface area contributed by atoms with Crippen molar-refractivity contribution in [1.29, 1.82) is 0 Å². The van der Waals surface area contributed by atoms with E-state index in [2.05, 4.69) is 6.92 Å². The summed E-state index contributed by atoms with van der Waals surface area (Å²) >= 11 is 0. The molecule has 0 aromatic carbocycles. The van der Waals surface area contributed by atoms with E-state index in [0.717, 1.165) is 32.1 Å². The largest absolute Gasteiger partial charge is 0.385 e. The summed E-state index contributed by atoms with van der Waals surface area (Å²) in [7, 11) is -10.5. The molecule has 22 heavy (non-hydrogen) atoms. The maximum absolute atomic E-state index is 11.3. The van der Waals surface area contributed by atoms with Crippen molar-refractivity contribution in [3.63, 3.8) is 0 Å². The van der Waals surface area contributed by atoms with Crippen LogP contribution in [0.4, 0.5) is 0 Å². The highest BCUT2D eigenvalue weighted by molar-refractivity contribution is 7.57. The van der Waals surface area contributed by atoms with Gasteiger partial charge in [-0.25, -0.2) is 0 Å². The summed E-state index contributed by atoms with van der Waals surface area (Å²) < 4.78 is 22.3. The van der Waals surface area contributed by atoms with Crippen LogP contribution in [0.2, 0.25) is 0 Å². The lowest BCUT2D eigenvalue weighted by Gasteiger charge is -2.31. The number of rotatable bonds is 12. The van der Waals surface area contributed by atoms with E-state index in [4.69, 9.17) is 19.6 Å². The highest BCUT2D eigenvalue weighted by Gasteiger charge is 2.56. The lowest BCUT2D eigenvalue weighted by Crippen LogP contribution is -2.41. The molecule has 0 radical (unpaired) electrons. The topological polar surface area (TPSA) is 156 Å². The van der Waals surface area contributed by atoms with E-state index in [1.807, 2.05) is 0 Å². The summed E-state index contributed by atoms with van der Waals surface area (Å²) in [5.74, 6) is 0. The Kier molecular flexibility index (Phi) is 9.59.